The number of anilines is 1. The molecule has 0 saturated heterocycles. The Morgan fingerprint density at radius 2 is 2.36 bits per heavy atom. The van der Waals surface area contributed by atoms with E-state index in [9.17, 15) is 0 Å². The number of ether oxygens (including phenoxy) is 1. The predicted octanol–water partition coefficient (Wildman–Crippen LogP) is 1.22. The molecule has 0 spiro atoms. The first kappa shape index (κ1) is 8.26. The average Bonchev–Trinajstić information content (AvgIpc) is 1.99. The molecule has 2 N–H and O–H groups in total. The van der Waals surface area contributed by atoms with Gasteiger partial charge < -0.3 is 10.5 Å². The van der Waals surface area contributed by atoms with E-state index in [0.717, 1.165) is 0 Å². The normalized spacial score (nSPS) is 9.64. The fourth-order valence-corrected chi connectivity index (χ4v) is 0.923. The number of nitrogens with two attached hydrogens (primary N) is 1. The van der Waals surface area contributed by atoms with Gasteiger partial charge in [-0.1, -0.05) is 0 Å². The Bertz CT molecular complexity index is 254. The Morgan fingerprint density at radius 3 is 3.00 bits per heavy atom. The van der Waals surface area contributed by atoms with Crippen LogP contribution in [-0.4, -0.2) is 16.6 Å². The third-order valence-corrected chi connectivity index (χ3v) is 1.81. The summed E-state index contributed by atoms with van der Waals surface area (Å²) in [5, 5.41) is 0. The highest BCUT2D eigenvalue weighted by molar-refractivity contribution is 9.10. The maximum Gasteiger partial charge on any atom is 0.233 e. The number of halogens is 1. The van der Waals surface area contributed by atoms with Crippen molar-refractivity contribution in [3.63, 3.8) is 0 Å². The molecule has 0 aliphatic heterocycles. The van der Waals surface area contributed by atoms with Gasteiger partial charge in [-0.3, -0.25) is 0 Å². The zero-order chi connectivity index (χ0) is 8.27. The highest BCUT2D eigenvalue weighted by atomic mass is 79.9. The van der Waals surface area contributed by atoms with Gasteiger partial charge in [0.25, 0.3) is 0 Å². The molecule has 1 aromatic heterocycles. The lowest BCUT2D eigenvalue weighted by atomic mass is 10.6. The van der Waals surface area contributed by atoms with Gasteiger partial charge in [-0.25, -0.2) is 9.97 Å². The molecular formula is C6H8BrN3O. The second-order valence-electron chi connectivity index (χ2n) is 1.81. The zero-order valence-corrected chi connectivity index (χ0v) is 7.63. The van der Waals surface area contributed by atoms with Crippen molar-refractivity contribution >= 4 is 21.7 Å². The molecule has 0 radical (unpaired) electrons. The highest BCUT2D eigenvalue weighted by Crippen LogP contribution is 2.25. The fraction of sp³-hybridized carbons (Fsp3) is 0.333. The van der Waals surface area contributed by atoms with Crippen LogP contribution in [0.1, 0.15) is 6.92 Å². The van der Waals surface area contributed by atoms with Gasteiger partial charge in [-0.15, -0.1) is 0 Å². The molecule has 11 heavy (non-hydrogen) atoms. The van der Waals surface area contributed by atoms with E-state index in [2.05, 4.69) is 25.9 Å². The summed E-state index contributed by atoms with van der Waals surface area (Å²) in [4.78, 5) is 7.63. The number of hydrogen-bond acceptors (Lipinski definition) is 4. The lowest BCUT2D eigenvalue weighted by molar-refractivity contribution is 0.324. The van der Waals surface area contributed by atoms with E-state index in [1.165, 1.54) is 6.33 Å². The van der Waals surface area contributed by atoms with Gasteiger partial charge in [0.2, 0.25) is 5.88 Å². The molecule has 5 heteroatoms. The van der Waals surface area contributed by atoms with E-state index in [1.54, 1.807) is 0 Å². The van der Waals surface area contributed by atoms with Crippen molar-refractivity contribution in [2.24, 2.45) is 0 Å². The van der Waals surface area contributed by atoms with E-state index < -0.39 is 0 Å². The summed E-state index contributed by atoms with van der Waals surface area (Å²) in [6.45, 7) is 2.44. The van der Waals surface area contributed by atoms with Crippen LogP contribution in [0.3, 0.4) is 0 Å². The molecule has 1 rings (SSSR count). The minimum Gasteiger partial charge on any atom is -0.477 e. The molecule has 4 nitrogen and oxygen atoms in total. The molecule has 0 saturated carbocycles. The van der Waals surface area contributed by atoms with Crippen LogP contribution in [0, 0.1) is 0 Å². The maximum absolute atomic E-state index is 5.47. The number of rotatable bonds is 2. The van der Waals surface area contributed by atoms with Crippen LogP contribution >= 0.6 is 15.9 Å². The molecule has 0 bridgehead atoms. The van der Waals surface area contributed by atoms with Gasteiger partial charge in [-0.2, -0.15) is 0 Å². The number of nitrogens with zero attached hydrogens (tertiary/aromatic N) is 2. The molecule has 1 heterocycles. The van der Waals surface area contributed by atoms with Gasteiger partial charge in [0.15, 0.2) is 0 Å². The first-order valence-electron chi connectivity index (χ1n) is 3.14. The van der Waals surface area contributed by atoms with Crippen molar-refractivity contribution in [2.45, 2.75) is 6.92 Å². The summed E-state index contributed by atoms with van der Waals surface area (Å²) in [7, 11) is 0. The summed E-state index contributed by atoms with van der Waals surface area (Å²) in [6, 6.07) is 0. The second kappa shape index (κ2) is 3.52. The first-order chi connectivity index (χ1) is 5.25. The molecule has 0 amide bonds. The van der Waals surface area contributed by atoms with E-state index in [-0.39, 0.29) is 0 Å². The SMILES string of the molecule is CCOc1ncnc(N)c1Br. The van der Waals surface area contributed by atoms with Crippen molar-refractivity contribution in [1.82, 2.24) is 9.97 Å². The van der Waals surface area contributed by atoms with Gasteiger partial charge in [0.1, 0.15) is 16.6 Å². The average molecular weight is 218 g/mol. The minimum atomic E-state index is 0.392. The minimum absolute atomic E-state index is 0.392. The lowest BCUT2D eigenvalue weighted by Crippen LogP contribution is -1.99. The topological polar surface area (TPSA) is 61.0 Å². The van der Waals surface area contributed by atoms with E-state index >= 15 is 0 Å². The highest BCUT2D eigenvalue weighted by Gasteiger charge is 2.04. The molecule has 0 aromatic carbocycles. The van der Waals surface area contributed by atoms with Crippen LogP contribution < -0.4 is 10.5 Å². The molecule has 0 aliphatic carbocycles. The van der Waals surface area contributed by atoms with Gasteiger partial charge in [-0.05, 0) is 22.9 Å². The standard InChI is InChI=1S/C6H8BrN3O/c1-2-11-6-4(7)5(8)9-3-10-6/h3H,2H2,1H3,(H2,8,9,10). The first-order valence-corrected chi connectivity index (χ1v) is 3.93. The summed E-state index contributed by atoms with van der Waals surface area (Å²) in [5.41, 5.74) is 5.47. The smallest absolute Gasteiger partial charge is 0.233 e. The molecule has 0 unspecified atom stereocenters. The van der Waals surface area contributed by atoms with Crippen LogP contribution in [0.4, 0.5) is 5.82 Å². The van der Waals surface area contributed by atoms with E-state index in [0.29, 0.717) is 22.8 Å². The van der Waals surface area contributed by atoms with Crippen molar-refractivity contribution in [1.29, 1.82) is 0 Å². The number of aromatic nitrogens is 2. The second-order valence-corrected chi connectivity index (χ2v) is 2.60. The number of hydrogen-bond donors (Lipinski definition) is 1. The Balaban J connectivity index is 2.96. The Labute approximate surface area is 72.9 Å². The summed E-state index contributed by atoms with van der Waals surface area (Å²) in [6.07, 6.45) is 1.37. The quantitative estimate of drug-likeness (QED) is 0.810. The van der Waals surface area contributed by atoms with Crippen LogP contribution in [0.25, 0.3) is 0 Å². The van der Waals surface area contributed by atoms with Gasteiger partial charge in [0.05, 0.1) is 6.61 Å². The van der Waals surface area contributed by atoms with Crippen molar-refractivity contribution < 1.29 is 4.74 Å². The van der Waals surface area contributed by atoms with E-state index in [1.807, 2.05) is 6.92 Å². The van der Waals surface area contributed by atoms with Crippen LogP contribution in [-0.2, 0) is 0 Å². The number of nitrogen functional groups attached to an aromatic ring is 1. The Hall–Kier alpha value is -0.840. The monoisotopic (exact) mass is 217 g/mol. The van der Waals surface area contributed by atoms with Crippen molar-refractivity contribution in [3.05, 3.63) is 10.8 Å². The van der Waals surface area contributed by atoms with E-state index in [4.69, 9.17) is 10.5 Å². The Morgan fingerprint density at radius 1 is 1.64 bits per heavy atom. The molecule has 0 aliphatic rings. The maximum atomic E-state index is 5.47. The molecular weight excluding hydrogens is 210 g/mol. The van der Waals surface area contributed by atoms with Crippen LogP contribution in [0.2, 0.25) is 0 Å². The molecule has 0 fully saturated rings. The van der Waals surface area contributed by atoms with Gasteiger partial charge >= 0.3 is 0 Å². The zero-order valence-electron chi connectivity index (χ0n) is 6.04. The fourth-order valence-electron chi connectivity index (χ4n) is 0.604. The van der Waals surface area contributed by atoms with Crippen molar-refractivity contribution in [3.8, 4) is 5.88 Å². The summed E-state index contributed by atoms with van der Waals surface area (Å²) < 4.78 is 5.75. The van der Waals surface area contributed by atoms with Crippen LogP contribution in [0.5, 0.6) is 5.88 Å². The summed E-state index contributed by atoms with van der Waals surface area (Å²) in [5.74, 6) is 0.878. The van der Waals surface area contributed by atoms with Crippen molar-refractivity contribution in [2.75, 3.05) is 12.3 Å². The molecule has 0 atom stereocenters. The Kier molecular flexibility index (Phi) is 2.64. The third kappa shape index (κ3) is 1.80. The third-order valence-electron chi connectivity index (χ3n) is 1.07. The van der Waals surface area contributed by atoms with Gasteiger partial charge in [0, 0.05) is 0 Å². The van der Waals surface area contributed by atoms with Crippen LogP contribution in [0.15, 0.2) is 10.8 Å². The predicted molar refractivity (Wildman–Crippen MR) is 45.3 cm³/mol. The largest absolute Gasteiger partial charge is 0.477 e. The lowest BCUT2D eigenvalue weighted by Gasteiger charge is -2.03. The molecule has 60 valence electrons. The molecule has 1 aromatic rings. The summed E-state index contributed by atoms with van der Waals surface area (Å²) >= 11 is 3.21.